The van der Waals surface area contributed by atoms with Gasteiger partial charge in [-0.3, -0.25) is 9.78 Å². The lowest BCUT2D eigenvalue weighted by Crippen LogP contribution is -2.09. The van der Waals surface area contributed by atoms with E-state index in [0.29, 0.717) is 18.6 Å². The van der Waals surface area contributed by atoms with Crippen LogP contribution in [0.4, 0.5) is 0 Å². The van der Waals surface area contributed by atoms with E-state index >= 15 is 0 Å². The minimum atomic E-state index is -0.244. The molecule has 0 atom stereocenters. The average Bonchev–Trinajstić information content (AvgIpc) is 2.53. The molecule has 110 valence electrons. The Morgan fingerprint density at radius 2 is 1.95 bits per heavy atom. The summed E-state index contributed by atoms with van der Waals surface area (Å²) >= 11 is 3.36. The second kappa shape index (κ2) is 6.71. The van der Waals surface area contributed by atoms with Crippen LogP contribution >= 0.6 is 15.9 Å². The van der Waals surface area contributed by atoms with Crippen LogP contribution in [-0.4, -0.2) is 11.0 Å². The average molecular weight is 356 g/mol. The van der Waals surface area contributed by atoms with Crippen molar-refractivity contribution in [3.63, 3.8) is 0 Å². The van der Waals surface area contributed by atoms with E-state index in [1.165, 1.54) is 0 Å². The number of halogens is 1. The third-order valence-electron chi connectivity index (χ3n) is 3.38. The summed E-state index contributed by atoms with van der Waals surface area (Å²) in [5, 5.41) is 2.22. The van der Waals surface area contributed by atoms with Crippen LogP contribution in [0.15, 0.2) is 65.4 Å². The molecule has 1 heterocycles. The lowest BCUT2D eigenvalue weighted by Gasteiger charge is -2.07. The maximum atomic E-state index is 12.0. The molecule has 0 saturated heterocycles. The van der Waals surface area contributed by atoms with Gasteiger partial charge in [0.25, 0.3) is 0 Å². The lowest BCUT2D eigenvalue weighted by atomic mass is 10.0. The van der Waals surface area contributed by atoms with Gasteiger partial charge in [-0.2, -0.15) is 0 Å². The quantitative estimate of drug-likeness (QED) is 0.509. The summed E-state index contributed by atoms with van der Waals surface area (Å²) in [5.41, 5.74) is 1.06. The van der Waals surface area contributed by atoms with E-state index in [1.54, 1.807) is 12.1 Å². The number of benzene rings is 2. The van der Waals surface area contributed by atoms with Gasteiger partial charge in [-0.25, -0.2) is 0 Å². The smallest absolute Gasteiger partial charge is 0.311 e. The maximum Gasteiger partial charge on any atom is 0.311 e. The number of ether oxygens (including phenoxy) is 1. The van der Waals surface area contributed by atoms with Crippen LogP contribution in [-0.2, 0) is 11.2 Å². The van der Waals surface area contributed by atoms with Crippen LogP contribution in [0.5, 0.6) is 5.75 Å². The third kappa shape index (κ3) is 3.52. The number of aromatic nitrogens is 1. The number of carbonyl (C=O) groups is 1. The molecule has 22 heavy (non-hydrogen) atoms. The maximum absolute atomic E-state index is 12.0. The van der Waals surface area contributed by atoms with Crippen LogP contribution in [0.1, 0.15) is 12.0 Å². The van der Waals surface area contributed by atoms with Crippen molar-refractivity contribution in [1.82, 2.24) is 4.98 Å². The Bertz CT molecular complexity index is 812. The first-order valence-electron chi connectivity index (χ1n) is 7.00. The number of nitrogens with zero attached hydrogens (tertiary/aromatic N) is 1. The molecule has 0 saturated carbocycles. The predicted molar refractivity (Wildman–Crippen MR) is 89.8 cm³/mol. The first-order valence-corrected chi connectivity index (χ1v) is 7.79. The van der Waals surface area contributed by atoms with Crippen LogP contribution in [0.3, 0.4) is 0 Å². The summed E-state index contributed by atoms with van der Waals surface area (Å²) in [5.74, 6) is 0.307. The summed E-state index contributed by atoms with van der Waals surface area (Å²) in [7, 11) is 0. The molecule has 0 fully saturated rings. The Morgan fingerprint density at radius 3 is 2.82 bits per heavy atom. The van der Waals surface area contributed by atoms with Crippen molar-refractivity contribution in [1.29, 1.82) is 0 Å². The molecular formula is C18H14BrNO2. The largest absolute Gasteiger partial charge is 0.426 e. The van der Waals surface area contributed by atoms with Gasteiger partial charge in [0.05, 0.1) is 6.42 Å². The van der Waals surface area contributed by atoms with Crippen molar-refractivity contribution in [3.8, 4) is 5.75 Å². The minimum Gasteiger partial charge on any atom is -0.426 e. The molecule has 0 aliphatic carbocycles. The summed E-state index contributed by atoms with van der Waals surface area (Å²) in [4.78, 5) is 16.2. The Hall–Kier alpha value is -2.20. The molecule has 2 aromatic carbocycles. The van der Waals surface area contributed by atoms with E-state index in [1.807, 2.05) is 48.8 Å². The molecular weight excluding hydrogens is 342 g/mol. The zero-order valence-corrected chi connectivity index (χ0v) is 13.4. The Balaban J connectivity index is 1.68. The fourth-order valence-corrected chi connectivity index (χ4v) is 2.71. The van der Waals surface area contributed by atoms with Gasteiger partial charge >= 0.3 is 5.97 Å². The zero-order valence-electron chi connectivity index (χ0n) is 11.8. The number of carbonyl (C=O) groups excluding carboxylic acids is 1. The fourth-order valence-electron chi connectivity index (χ4n) is 2.33. The number of rotatable bonds is 4. The molecule has 3 rings (SSSR count). The van der Waals surface area contributed by atoms with Gasteiger partial charge in [0.2, 0.25) is 0 Å². The number of esters is 1. The molecule has 0 N–H and O–H groups in total. The Kier molecular flexibility index (Phi) is 4.49. The van der Waals surface area contributed by atoms with Gasteiger partial charge < -0.3 is 4.74 Å². The number of hydrogen-bond donors (Lipinski definition) is 0. The Morgan fingerprint density at radius 1 is 1.09 bits per heavy atom. The van der Waals surface area contributed by atoms with E-state index in [-0.39, 0.29) is 5.97 Å². The lowest BCUT2D eigenvalue weighted by molar-refractivity contribution is -0.134. The molecule has 0 radical (unpaired) electrons. The van der Waals surface area contributed by atoms with Crippen LogP contribution in [0.2, 0.25) is 0 Å². The van der Waals surface area contributed by atoms with Gasteiger partial charge in [-0.05, 0) is 35.6 Å². The van der Waals surface area contributed by atoms with Crippen molar-refractivity contribution in [2.75, 3.05) is 0 Å². The number of pyridine rings is 1. The highest BCUT2D eigenvalue weighted by atomic mass is 79.9. The molecule has 0 aliphatic rings. The van der Waals surface area contributed by atoms with E-state index in [9.17, 15) is 4.79 Å². The standard InChI is InChI=1S/C18H14BrNO2/c19-15-5-3-6-16(10-15)22-18(21)9-8-14-12-20-11-13-4-1-2-7-17(13)14/h1-7,10-12H,8-9H2. The summed E-state index contributed by atoms with van der Waals surface area (Å²) < 4.78 is 6.22. The van der Waals surface area contributed by atoms with Crippen molar-refractivity contribution in [2.45, 2.75) is 12.8 Å². The summed E-state index contributed by atoms with van der Waals surface area (Å²) in [6, 6.07) is 15.3. The first-order chi connectivity index (χ1) is 10.7. The SMILES string of the molecule is O=C(CCc1cncc2ccccc12)Oc1cccc(Br)c1. The van der Waals surface area contributed by atoms with E-state index in [2.05, 4.69) is 20.9 Å². The second-order valence-corrected chi connectivity index (χ2v) is 5.87. The van der Waals surface area contributed by atoms with Crippen LogP contribution in [0.25, 0.3) is 10.8 Å². The number of fused-ring (bicyclic) bond motifs is 1. The van der Waals surface area contributed by atoms with Gasteiger partial charge in [0.1, 0.15) is 5.75 Å². The third-order valence-corrected chi connectivity index (χ3v) is 3.87. The van der Waals surface area contributed by atoms with Crippen molar-refractivity contribution >= 4 is 32.7 Å². The monoisotopic (exact) mass is 355 g/mol. The zero-order chi connectivity index (χ0) is 15.4. The topological polar surface area (TPSA) is 39.2 Å². The van der Waals surface area contributed by atoms with E-state index < -0.39 is 0 Å². The van der Waals surface area contributed by atoms with Gasteiger partial charge in [0, 0.05) is 22.3 Å². The fraction of sp³-hybridized carbons (Fsp3) is 0.111. The normalized spacial score (nSPS) is 10.6. The van der Waals surface area contributed by atoms with Gasteiger partial charge in [0.15, 0.2) is 0 Å². The van der Waals surface area contributed by atoms with Crippen molar-refractivity contribution in [3.05, 3.63) is 71.0 Å². The highest BCUT2D eigenvalue weighted by Crippen LogP contribution is 2.20. The van der Waals surface area contributed by atoms with Crippen molar-refractivity contribution in [2.24, 2.45) is 0 Å². The molecule has 1 aromatic heterocycles. The molecule has 0 aliphatic heterocycles. The molecule has 4 heteroatoms. The van der Waals surface area contributed by atoms with Crippen LogP contribution < -0.4 is 4.74 Å². The molecule has 0 unspecified atom stereocenters. The second-order valence-electron chi connectivity index (χ2n) is 4.95. The number of hydrogen-bond acceptors (Lipinski definition) is 3. The molecule has 3 aromatic rings. The summed E-state index contributed by atoms with van der Waals surface area (Å²) in [6.07, 6.45) is 4.58. The molecule has 0 amide bonds. The molecule has 3 nitrogen and oxygen atoms in total. The van der Waals surface area contributed by atoms with Crippen molar-refractivity contribution < 1.29 is 9.53 Å². The Labute approximate surface area is 137 Å². The van der Waals surface area contributed by atoms with Gasteiger partial charge in [-0.15, -0.1) is 0 Å². The van der Waals surface area contributed by atoms with E-state index in [0.717, 1.165) is 20.8 Å². The number of aryl methyl sites for hydroxylation is 1. The van der Waals surface area contributed by atoms with Crippen LogP contribution in [0, 0.1) is 0 Å². The van der Waals surface area contributed by atoms with E-state index in [4.69, 9.17) is 4.74 Å². The minimum absolute atomic E-state index is 0.244. The molecule has 0 bridgehead atoms. The summed E-state index contributed by atoms with van der Waals surface area (Å²) in [6.45, 7) is 0. The highest BCUT2D eigenvalue weighted by Gasteiger charge is 2.08. The molecule has 0 spiro atoms. The highest BCUT2D eigenvalue weighted by molar-refractivity contribution is 9.10. The first kappa shape index (κ1) is 14.7. The van der Waals surface area contributed by atoms with Gasteiger partial charge in [-0.1, -0.05) is 46.3 Å². The predicted octanol–water partition coefficient (Wildman–Crippen LogP) is 4.54.